The van der Waals surface area contributed by atoms with E-state index in [1.165, 1.54) is 0 Å². The Balaban J connectivity index is 0.00000400. The summed E-state index contributed by atoms with van der Waals surface area (Å²) in [6.45, 7) is 4.13. The molecule has 1 aromatic carbocycles. The topological polar surface area (TPSA) is 63.2 Å². The smallest absolute Gasteiger partial charge is 0.251 e. The SMILES string of the molecule is CCC(=O)CCCNC(=O)c1ccc(C(=O)CC)cc1.[HH]. The van der Waals surface area contributed by atoms with Gasteiger partial charge in [-0.1, -0.05) is 26.0 Å². The minimum absolute atomic E-state index is 0. The van der Waals surface area contributed by atoms with Crippen LogP contribution >= 0.6 is 0 Å². The number of Topliss-reactive ketones (excluding diaryl/α,β-unsaturated/α-hetero) is 2. The van der Waals surface area contributed by atoms with Gasteiger partial charge in [-0.3, -0.25) is 14.4 Å². The Hall–Kier alpha value is -1.97. The van der Waals surface area contributed by atoms with E-state index in [4.69, 9.17) is 0 Å². The van der Waals surface area contributed by atoms with Gasteiger partial charge in [-0.15, -0.1) is 0 Å². The zero-order valence-electron chi connectivity index (χ0n) is 12.1. The number of ketones is 2. The van der Waals surface area contributed by atoms with Crippen LogP contribution in [-0.2, 0) is 4.79 Å². The van der Waals surface area contributed by atoms with Crippen LogP contribution in [0.15, 0.2) is 24.3 Å². The molecule has 0 saturated carbocycles. The van der Waals surface area contributed by atoms with E-state index in [-0.39, 0.29) is 18.9 Å². The number of carbonyl (C=O) groups is 3. The van der Waals surface area contributed by atoms with Gasteiger partial charge in [0.25, 0.3) is 5.91 Å². The van der Waals surface area contributed by atoms with Gasteiger partial charge in [-0.05, 0) is 18.6 Å². The molecule has 0 aliphatic heterocycles. The molecule has 0 aliphatic carbocycles. The van der Waals surface area contributed by atoms with Crippen molar-refractivity contribution in [1.82, 2.24) is 5.32 Å². The second kappa shape index (κ2) is 8.25. The van der Waals surface area contributed by atoms with E-state index in [9.17, 15) is 14.4 Å². The number of hydrogen-bond acceptors (Lipinski definition) is 3. The minimum Gasteiger partial charge on any atom is -0.352 e. The zero-order chi connectivity index (χ0) is 15.0. The summed E-state index contributed by atoms with van der Waals surface area (Å²) >= 11 is 0. The summed E-state index contributed by atoms with van der Waals surface area (Å²) in [6.07, 6.45) is 2.16. The van der Waals surface area contributed by atoms with Gasteiger partial charge in [0.2, 0.25) is 0 Å². The Morgan fingerprint density at radius 2 is 1.60 bits per heavy atom. The average Bonchev–Trinajstić information content (AvgIpc) is 2.50. The van der Waals surface area contributed by atoms with Crippen LogP contribution in [0, 0.1) is 0 Å². The predicted molar refractivity (Wildman–Crippen MR) is 80.0 cm³/mol. The Morgan fingerprint density at radius 1 is 1.00 bits per heavy atom. The number of hydrogen-bond donors (Lipinski definition) is 1. The van der Waals surface area contributed by atoms with Gasteiger partial charge >= 0.3 is 0 Å². The maximum absolute atomic E-state index is 11.8. The van der Waals surface area contributed by atoms with E-state index in [2.05, 4.69) is 5.32 Å². The molecule has 0 spiro atoms. The lowest BCUT2D eigenvalue weighted by Crippen LogP contribution is -2.24. The summed E-state index contributed by atoms with van der Waals surface area (Å²) in [5.41, 5.74) is 1.15. The minimum atomic E-state index is -0.176. The van der Waals surface area contributed by atoms with E-state index in [0.29, 0.717) is 43.4 Å². The molecule has 1 amide bonds. The highest BCUT2D eigenvalue weighted by atomic mass is 16.1. The normalized spacial score (nSPS) is 10.1. The van der Waals surface area contributed by atoms with Gasteiger partial charge in [0, 0.05) is 38.4 Å². The van der Waals surface area contributed by atoms with Gasteiger partial charge in [-0.25, -0.2) is 0 Å². The standard InChI is InChI=1S/C16H21NO3.H2/c1-3-14(18)6-5-11-17-16(20)13-9-7-12(8-10-13)15(19)4-2;/h7-10H,3-6,11H2,1-2H3,(H,17,20);1H. The molecule has 0 fully saturated rings. The van der Waals surface area contributed by atoms with Crippen LogP contribution in [0.5, 0.6) is 0 Å². The number of nitrogens with one attached hydrogen (secondary N) is 1. The van der Waals surface area contributed by atoms with Gasteiger partial charge in [-0.2, -0.15) is 0 Å². The maximum atomic E-state index is 11.8. The second-order valence-corrected chi connectivity index (χ2v) is 4.61. The second-order valence-electron chi connectivity index (χ2n) is 4.61. The molecule has 1 aromatic rings. The molecule has 0 radical (unpaired) electrons. The highest BCUT2D eigenvalue weighted by Crippen LogP contribution is 2.07. The molecular formula is C16H23NO3. The molecule has 20 heavy (non-hydrogen) atoms. The third-order valence-electron chi connectivity index (χ3n) is 3.10. The first-order valence-corrected chi connectivity index (χ1v) is 7.01. The molecule has 0 aliphatic rings. The molecule has 4 heteroatoms. The summed E-state index contributed by atoms with van der Waals surface area (Å²) in [5, 5.41) is 2.76. The first kappa shape index (κ1) is 16.1. The van der Waals surface area contributed by atoms with Crippen molar-refractivity contribution in [1.29, 1.82) is 0 Å². The molecule has 1 N–H and O–H groups in total. The van der Waals surface area contributed by atoms with E-state index in [0.717, 1.165) is 0 Å². The van der Waals surface area contributed by atoms with Crippen molar-refractivity contribution in [3.05, 3.63) is 35.4 Å². The maximum Gasteiger partial charge on any atom is 0.251 e. The molecule has 0 atom stereocenters. The molecule has 0 unspecified atom stereocenters. The molecular weight excluding hydrogens is 254 g/mol. The number of amides is 1. The fourth-order valence-electron chi connectivity index (χ4n) is 1.78. The third-order valence-corrected chi connectivity index (χ3v) is 3.10. The monoisotopic (exact) mass is 277 g/mol. The molecule has 0 aromatic heterocycles. The van der Waals surface area contributed by atoms with Crippen LogP contribution in [0.1, 0.15) is 61.7 Å². The molecule has 110 valence electrons. The highest BCUT2D eigenvalue weighted by molar-refractivity contribution is 5.98. The van der Waals surface area contributed by atoms with Crippen molar-refractivity contribution in [2.24, 2.45) is 0 Å². The van der Waals surface area contributed by atoms with Crippen molar-refractivity contribution in [2.75, 3.05) is 6.54 Å². The van der Waals surface area contributed by atoms with Crippen LogP contribution in [0.4, 0.5) is 0 Å². The lowest BCUT2D eigenvalue weighted by atomic mass is 10.1. The van der Waals surface area contributed by atoms with Crippen LogP contribution in [0.2, 0.25) is 0 Å². The zero-order valence-corrected chi connectivity index (χ0v) is 12.1. The largest absolute Gasteiger partial charge is 0.352 e. The predicted octanol–water partition coefficient (Wildman–Crippen LogP) is 3.01. The Morgan fingerprint density at radius 3 is 2.15 bits per heavy atom. The molecule has 1 rings (SSSR count). The summed E-state index contributed by atoms with van der Waals surface area (Å²) in [7, 11) is 0. The molecule has 4 nitrogen and oxygen atoms in total. The molecule has 0 saturated heterocycles. The lowest BCUT2D eigenvalue weighted by Gasteiger charge is -2.05. The number of carbonyl (C=O) groups excluding carboxylic acids is 3. The van der Waals surface area contributed by atoms with Crippen LogP contribution < -0.4 is 5.32 Å². The Bertz CT molecular complexity index is 483. The van der Waals surface area contributed by atoms with Crippen LogP contribution in [-0.4, -0.2) is 24.0 Å². The summed E-state index contributed by atoms with van der Waals surface area (Å²) in [4.78, 5) is 34.4. The fraction of sp³-hybridized carbons (Fsp3) is 0.438. The van der Waals surface area contributed by atoms with E-state index in [1.54, 1.807) is 31.2 Å². The van der Waals surface area contributed by atoms with Crippen molar-refractivity contribution < 1.29 is 15.8 Å². The van der Waals surface area contributed by atoms with E-state index >= 15 is 0 Å². The van der Waals surface area contributed by atoms with Crippen LogP contribution in [0.3, 0.4) is 0 Å². The first-order chi connectivity index (χ1) is 9.58. The van der Waals surface area contributed by atoms with Crippen molar-refractivity contribution in [2.45, 2.75) is 39.5 Å². The van der Waals surface area contributed by atoms with Gasteiger partial charge in [0.1, 0.15) is 5.78 Å². The van der Waals surface area contributed by atoms with Gasteiger partial charge in [0.05, 0.1) is 0 Å². The first-order valence-electron chi connectivity index (χ1n) is 7.01. The van der Waals surface area contributed by atoms with E-state index in [1.807, 2.05) is 6.92 Å². The highest BCUT2D eigenvalue weighted by Gasteiger charge is 2.07. The van der Waals surface area contributed by atoms with Crippen molar-refractivity contribution >= 4 is 17.5 Å². The summed E-state index contributed by atoms with van der Waals surface area (Å²) in [6, 6.07) is 6.63. The fourth-order valence-corrected chi connectivity index (χ4v) is 1.78. The Labute approximate surface area is 121 Å². The van der Waals surface area contributed by atoms with Crippen molar-refractivity contribution in [3.8, 4) is 0 Å². The molecule has 0 heterocycles. The Kier molecular flexibility index (Phi) is 6.64. The average molecular weight is 277 g/mol. The number of rotatable bonds is 8. The third kappa shape index (κ3) is 4.96. The van der Waals surface area contributed by atoms with Crippen molar-refractivity contribution in [3.63, 3.8) is 0 Å². The number of benzene rings is 1. The summed E-state index contributed by atoms with van der Waals surface area (Å²) < 4.78 is 0. The lowest BCUT2D eigenvalue weighted by molar-refractivity contribution is -0.118. The van der Waals surface area contributed by atoms with Gasteiger partial charge in [0.15, 0.2) is 5.78 Å². The quantitative estimate of drug-likeness (QED) is 0.587. The molecule has 0 bridgehead atoms. The van der Waals surface area contributed by atoms with Gasteiger partial charge < -0.3 is 5.32 Å². The van der Waals surface area contributed by atoms with E-state index < -0.39 is 0 Å². The van der Waals surface area contributed by atoms with Crippen LogP contribution in [0.25, 0.3) is 0 Å². The summed E-state index contributed by atoms with van der Waals surface area (Å²) in [5.74, 6) is 0.0983.